The fraction of sp³-hybridized carbons (Fsp3) is 0.0714. The number of benzene rings is 1. The quantitative estimate of drug-likeness (QED) is 0.717. The van der Waals surface area contributed by atoms with Crippen molar-refractivity contribution >= 4 is 18.0 Å². The first-order chi connectivity index (χ1) is 9.65. The van der Waals surface area contributed by atoms with Gasteiger partial charge in [-0.25, -0.2) is 4.79 Å². The minimum atomic E-state index is -1.01. The van der Waals surface area contributed by atoms with Gasteiger partial charge in [0.25, 0.3) is 5.91 Å². The number of aliphatic carboxylic acids is 1. The summed E-state index contributed by atoms with van der Waals surface area (Å²) in [6, 6.07) is 6.66. The lowest BCUT2D eigenvalue weighted by molar-refractivity contribution is -0.131. The summed E-state index contributed by atoms with van der Waals surface area (Å²) in [7, 11) is 0. The number of hydrogen-bond acceptors (Lipinski definition) is 3. The van der Waals surface area contributed by atoms with E-state index in [-0.39, 0.29) is 5.91 Å². The molecule has 0 saturated heterocycles. The van der Waals surface area contributed by atoms with E-state index < -0.39 is 5.97 Å². The van der Waals surface area contributed by atoms with Crippen molar-refractivity contribution in [3.05, 3.63) is 59.4 Å². The molecule has 0 atom stereocenters. The number of aromatic amines is 1. The Labute approximate surface area is 115 Å². The molecule has 0 unspecified atom stereocenters. The summed E-state index contributed by atoms with van der Waals surface area (Å²) in [5, 5.41) is 17.7. The molecule has 6 nitrogen and oxygen atoms in total. The largest absolute Gasteiger partial charge is 0.478 e. The van der Waals surface area contributed by atoms with Crippen molar-refractivity contribution < 1.29 is 14.7 Å². The number of nitrogens with zero attached hydrogens (tertiary/aromatic N) is 1. The highest BCUT2D eigenvalue weighted by molar-refractivity contribution is 5.94. The van der Waals surface area contributed by atoms with Crippen molar-refractivity contribution in [1.29, 1.82) is 0 Å². The highest BCUT2D eigenvalue weighted by Crippen LogP contribution is 2.06. The van der Waals surface area contributed by atoms with Crippen molar-refractivity contribution in [1.82, 2.24) is 15.5 Å². The van der Waals surface area contributed by atoms with E-state index in [0.717, 1.165) is 17.2 Å². The van der Waals surface area contributed by atoms with Crippen LogP contribution in [-0.2, 0) is 11.3 Å². The zero-order chi connectivity index (χ0) is 14.4. The lowest BCUT2D eigenvalue weighted by atomic mass is 10.1. The number of rotatable bonds is 5. The summed E-state index contributed by atoms with van der Waals surface area (Å²) in [6.07, 6.45) is 5.86. The topological polar surface area (TPSA) is 95.1 Å². The Bertz CT molecular complexity index is 616. The Morgan fingerprint density at radius 2 is 2.05 bits per heavy atom. The van der Waals surface area contributed by atoms with Gasteiger partial charge in [-0.1, -0.05) is 12.1 Å². The van der Waals surface area contributed by atoms with E-state index in [9.17, 15) is 9.59 Å². The molecule has 0 spiro atoms. The van der Waals surface area contributed by atoms with E-state index in [1.54, 1.807) is 36.7 Å². The predicted molar refractivity (Wildman–Crippen MR) is 72.9 cm³/mol. The molecule has 3 N–H and O–H groups in total. The smallest absolute Gasteiger partial charge is 0.328 e. The van der Waals surface area contributed by atoms with Crippen molar-refractivity contribution in [2.24, 2.45) is 0 Å². The molecule has 0 aliphatic carbocycles. The van der Waals surface area contributed by atoms with E-state index in [4.69, 9.17) is 5.11 Å². The number of carbonyl (C=O) groups is 2. The number of nitrogens with one attached hydrogen (secondary N) is 2. The number of carboxylic acids is 1. The van der Waals surface area contributed by atoms with Crippen LogP contribution in [0.3, 0.4) is 0 Å². The predicted octanol–water partition coefficient (Wildman–Crippen LogP) is 1.44. The van der Waals surface area contributed by atoms with E-state index in [0.29, 0.717) is 12.1 Å². The van der Waals surface area contributed by atoms with Crippen molar-refractivity contribution in [2.75, 3.05) is 0 Å². The van der Waals surface area contributed by atoms with Crippen molar-refractivity contribution in [2.45, 2.75) is 6.54 Å². The van der Waals surface area contributed by atoms with Crippen LogP contribution in [0.5, 0.6) is 0 Å². The Morgan fingerprint density at radius 1 is 1.30 bits per heavy atom. The molecule has 0 bridgehead atoms. The minimum Gasteiger partial charge on any atom is -0.478 e. The Morgan fingerprint density at radius 3 is 2.65 bits per heavy atom. The van der Waals surface area contributed by atoms with Gasteiger partial charge in [0.05, 0.1) is 6.20 Å². The van der Waals surface area contributed by atoms with Crippen LogP contribution in [0.15, 0.2) is 42.7 Å². The molecule has 2 rings (SSSR count). The molecule has 1 aromatic carbocycles. The van der Waals surface area contributed by atoms with Crippen molar-refractivity contribution in [3.63, 3.8) is 0 Å². The van der Waals surface area contributed by atoms with Crippen LogP contribution in [-0.4, -0.2) is 27.2 Å². The van der Waals surface area contributed by atoms with Gasteiger partial charge in [-0.3, -0.25) is 9.89 Å². The summed E-state index contributed by atoms with van der Waals surface area (Å²) in [6.45, 7) is 0.399. The first kappa shape index (κ1) is 13.5. The van der Waals surface area contributed by atoms with E-state index in [1.165, 1.54) is 6.08 Å². The minimum absolute atomic E-state index is 0.194. The van der Waals surface area contributed by atoms with Crippen LogP contribution >= 0.6 is 0 Å². The summed E-state index contributed by atoms with van der Waals surface area (Å²) < 4.78 is 0. The maximum absolute atomic E-state index is 11.9. The molecule has 1 heterocycles. The Balaban J connectivity index is 1.95. The molecule has 6 heteroatoms. The van der Waals surface area contributed by atoms with Crippen LogP contribution in [0.1, 0.15) is 21.5 Å². The summed E-state index contributed by atoms with van der Waals surface area (Å²) in [5.41, 5.74) is 2.12. The zero-order valence-electron chi connectivity index (χ0n) is 10.5. The lowest BCUT2D eigenvalue weighted by Crippen LogP contribution is -2.22. The first-order valence-corrected chi connectivity index (χ1v) is 5.92. The van der Waals surface area contributed by atoms with Gasteiger partial charge in [0.2, 0.25) is 0 Å². The Hall–Kier alpha value is -2.89. The molecule has 0 aliphatic heterocycles. The normalized spacial score (nSPS) is 10.6. The van der Waals surface area contributed by atoms with Crippen LogP contribution in [0.2, 0.25) is 0 Å². The average Bonchev–Trinajstić information content (AvgIpc) is 2.96. The van der Waals surface area contributed by atoms with Gasteiger partial charge >= 0.3 is 5.97 Å². The van der Waals surface area contributed by atoms with Crippen LogP contribution in [0, 0.1) is 0 Å². The van der Waals surface area contributed by atoms with E-state index in [2.05, 4.69) is 15.5 Å². The molecule has 2 aromatic rings. The van der Waals surface area contributed by atoms with Gasteiger partial charge in [0.15, 0.2) is 0 Å². The summed E-state index contributed by atoms with van der Waals surface area (Å²) in [4.78, 5) is 22.3. The van der Waals surface area contributed by atoms with Gasteiger partial charge < -0.3 is 10.4 Å². The molecular weight excluding hydrogens is 258 g/mol. The van der Waals surface area contributed by atoms with Crippen molar-refractivity contribution in [3.8, 4) is 0 Å². The molecular formula is C14H13N3O3. The molecule has 20 heavy (non-hydrogen) atoms. The highest BCUT2D eigenvalue weighted by Gasteiger charge is 2.05. The maximum atomic E-state index is 11.9. The van der Waals surface area contributed by atoms with Crippen LogP contribution < -0.4 is 5.32 Å². The number of H-pyrrole nitrogens is 1. The number of carbonyl (C=O) groups excluding carboxylic acids is 1. The fourth-order valence-corrected chi connectivity index (χ4v) is 1.57. The second kappa shape index (κ2) is 6.33. The van der Waals surface area contributed by atoms with Gasteiger partial charge in [0, 0.05) is 29.9 Å². The third-order valence-electron chi connectivity index (χ3n) is 2.60. The lowest BCUT2D eigenvalue weighted by Gasteiger charge is -2.03. The van der Waals surface area contributed by atoms with E-state index >= 15 is 0 Å². The zero-order valence-corrected chi connectivity index (χ0v) is 10.5. The molecule has 1 aromatic heterocycles. The van der Waals surface area contributed by atoms with E-state index in [1.807, 2.05) is 0 Å². The molecule has 102 valence electrons. The summed E-state index contributed by atoms with van der Waals surface area (Å²) in [5.74, 6) is -1.20. The molecule has 0 saturated carbocycles. The second-order valence-electron chi connectivity index (χ2n) is 4.08. The average molecular weight is 271 g/mol. The van der Waals surface area contributed by atoms with Gasteiger partial charge in [-0.2, -0.15) is 5.10 Å². The highest BCUT2D eigenvalue weighted by atomic mass is 16.4. The molecule has 1 amide bonds. The first-order valence-electron chi connectivity index (χ1n) is 5.92. The van der Waals surface area contributed by atoms with Gasteiger partial charge in [-0.15, -0.1) is 0 Å². The number of amides is 1. The monoisotopic (exact) mass is 271 g/mol. The third-order valence-corrected chi connectivity index (χ3v) is 2.60. The van der Waals surface area contributed by atoms with Crippen LogP contribution in [0.4, 0.5) is 0 Å². The maximum Gasteiger partial charge on any atom is 0.328 e. The molecule has 0 aliphatic rings. The Kier molecular flexibility index (Phi) is 4.28. The number of hydrogen-bond donors (Lipinski definition) is 3. The number of aromatic nitrogens is 2. The van der Waals surface area contributed by atoms with Gasteiger partial charge in [-0.05, 0) is 23.8 Å². The fourth-order valence-electron chi connectivity index (χ4n) is 1.57. The molecule has 0 fully saturated rings. The third kappa shape index (κ3) is 3.81. The SMILES string of the molecule is O=C(O)C=Cc1ccc(C(=O)NCc2cn[nH]c2)cc1. The molecule has 0 radical (unpaired) electrons. The standard InChI is InChI=1S/C14H13N3O3/c18-13(19)6-3-10-1-4-12(5-2-10)14(20)15-7-11-8-16-17-9-11/h1-6,8-9H,7H2,(H,15,20)(H,16,17)(H,18,19). The number of carboxylic acid groups (broad SMARTS) is 1. The van der Waals surface area contributed by atoms with Gasteiger partial charge in [0.1, 0.15) is 0 Å². The summed E-state index contributed by atoms with van der Waals surface area (Å²) >= 11 is 0. The van der Waals surface area contributed by atoms with Crippen LogP contribution in [0.25, 0.3) is 6.08 Å². The second-order valence-corrected chi connectivity index (χ2v) is 4.08.